The smallest absolute Gasteiger partial charge is 0.0541 e. The SMILES string of the molecule is CC.CC.CC.CC.CC.c1cc(-n2c3ccccc3c3ccccc32)cc(-n2c3ccccc3c3ccccc32)c1. The molecule has 0 saturated heterocycles. The van der Waals surface area contributed by atoms with Gasteiger partial charge in [-0.05, 0) is 42.5 Å². The lowest BCUT2D eigenvalue weighted by molar-refractivity contribution is 1.13. The summed E-state index contributed by atoms with van der Waals surface area (Å²) in [6.07, 6.45) is 0. The second-order valence-corrected chi connectivity index (χ2v) is 8.26. The first-order valence-corrected chi connectivity index (χ1v) is 16.0. The molecule has 42 heavy (non-hydrogen) atoms. The van der Waals surface area contributed by atoms with Gasteiger partial charge in [-0.15, -0.1) is 0 Å². The molecule has 0 aliphatic rings. The lowest BCUT2D eigenvalue weighted by Gasteiger charge is -2.12. The van der Waals surface area contributed by atoms with E-state index in [0.29, 0.717) is 0 Å². The maximum Gasteiger partial charge on any atom is 0.0541 e. The number of aromatic nitrogens is 2. The van der Waals surface area contributed by atoms with Crippen LogP contribution in [0.4, 0.5) is 0 Å². The first-order valence-electron chi connectivity index (χ1n) is 16.0. The van der Waals surface area contributed by atoms with Gasteiger partial charge in [-0.2, -0.15) is 0 Å². The highest BCUT2D eigenvalue weighted by Gasteiger charge is 2.14. The molecule has 0 spiro atoms. The predicted molar refractivity (Wildman–Crippen MR) is 192 cm³/mol. The van der Waals surface area contributed by atoms with Gasteiger partial charge in [-0.3, -0.25) is 0 Å². The minimum Gasteiger partial charge on any atom is -0.309 e. The molecule has 7 aromatic rings. The van der Waals surface area contributed by atoms with Crippen LogP contribution in [0.5, 0.6) is 0 Å². The van der Waals surface area contributed by atoms with Gasteiger partial charge < -0.3 is 9.13 Å². The molecule has 220 valence electrons. The maximum atomic E-state index is 2.38. The van der Waals surface area contributed by atoms with Crippen molar-refractivity contribution in [3.8, 4) is 11.4 Å². The van der Waals surface area contributed by atoms with Gasteiger partial charge in [0.15, 0.2) is 0 Å². The van der Waals surface area contributed by atoms with E-state index in [0.717, 1.165) is 0 Å². The summed E-state index contributed by atoms with van der Waals surface area (Å²) >= 11 is 0. The number of nitrogens with zero attached hydrogens (tertiary/aromatic N) is 2. The molecule has 0 saturated carbocycles. The number of benzene rings is 5. The normalized spacial score (nSPS) is 9.67. The minimum atomic E-state index is 1.17. The fourth-order valence-electron chi connectivity index (χ4n) is 5.17. The first kappa shape index (κ1) is 33.9. The molecule has 0 unspecified atom stereocenters. The minimum absolute atomic E-state index is 1.17. The van der Waals surface area contributed by atoms with Crippen molar-refractivity contribution in [3.05, 3.63) is 121 Å². The molecule has 0 bridgehead atoms. The second-order valence-electron chi connectivity index (χ2n) is 8.26. The van der Waals surface area contributed by atoms with Gasteiger partial charge >= 0.3 is 0 Å². The fraction of sp³-hybridized carbons (Fsp3) is 0.250. The zero-order chi connectivity index (χ0) is 31.1. The maximum absolute atomic E-state index is 2.38. The van der Waals surface area contributed by atoms with Crippen LogP contribution < -0.4 is 0 Å². The van der Waals surface area contributed by atoms with E-state index in [-0.39, 0.29) is 0 Å². The molecule has 2 heteroatoms. The highest BCUT2D eigenvalue weighted by molar-refractivity contribution is 6.10. The quantitative estimate of drug-likeness (QED) is 0.200. The molecule has 0 aliphatic carbocycles. The standard InChI is InChI=1S/C30H20N2.5C2H6/c1-5-16-27-23(12-1)24-13-2-6-17-28(24)31(27)21-10-9-11-22(20-21)32-29-18-7-3-14-25(29)26-15-4-8-19-30(26)32;5*1-2/h1-20H;5*1-2H3. The van der Waals surface area contributed by atoms with Crippen LogP contribution in [0.3, 0.4) is 0 Å². The van der Waals surface area contributed by atoms with E-state index >= 15 is 0 Å². The zero-order valence-corrected chi connectivity index (χ0v) is 27.4. The van der Waals surface area contributed by atoms with Crippen LogP contribution in [0, 0.1) is 0 Å². The third-order valence-electron chi connectivity index (χ3n) is 6.51. The van der Waals surface area contributed by atoms with Crippen LogP contribution >= 0.6 is 0 Å². The molecule has 0 radical (unpaired) electrons. The van der Waals surface area contributed by atoms with E-state index < -0.39 is 0 Å². The monoisotopic (exact) mass is 558 g/mol. The molecule has 0 aliphatic heterocycles. The topological polar surface area (TPSA) is 9.86 Å². The molecule has 2 heterocycles. The number of hydrogen-bond donors (Lipinski definition) is 0. The Hall–Kier alpha value is -4.30. The van der Waals surface area contributed by atoms with Gasteiger partial charge in [0, 0.05) is 32.9 Å². The summed E-state index contributed by atoms with van der Waals surface area (Å²) in [6.45, 7) is 20.0. The molecule has 2 aromatic heterocycles. The van der Waals surface area contributed by atoms with Crippen molar-refractivity contribution < 1.29 is 0 Å². The third kappa shape index (κ3) is 6.44. The molecule has 0 fully saturated rings. The van der Waals surface area contributed by atoms with Crippen molar-refractivity contribution >= 4 is 43.6 Å². The largest absolute Gasteiger partial charge is 0.309 e. The highest BCUT2D eigenvalue weighted by atomic mass is 15.0. The van der Waals surface area contributed by atoms with Crippen molar-refractivity contribution in [2.24, 2.45) is 0 Å². The van der Waals surface area contributed by atoms with E-state index in [1.165, 1.54) is 55.0 Å². The first-order chi connectivity index (χ1) is 20.9. The van der Waals surface area contributed by atoms with E-state index in [9.17, 15) is 0 Å². The van der Waals surface area contributed by atoms with Gasteiger partial charge in [-0.1, -0.05) is 148 Å². The number of rotatable bonds is 2. The van der Waals surface area contributed by atoms with Gasteiger partial charge in [0.05, 0.1) is 22.1 Å². The lowest BCUT2D eigenvalue weighted by Crippen LogP contribution is -1.98. The molecule has 2 nitrogen and oxygen atoms in total. The van der Waals surface area contributed by atoms with Crippen LogP contribution in [0.25, 0.3) is 55.0 Å². The summed E-state index contributed by atoms with van der Waals surface area (Å²) < 4.78 is 4.75. The Labute approximate surface area is 254 Å². The molecular formula is C40H50N2. The van der Waals surface area contributed by atoms with Crippen LogP contribution in [-0.2, 0) is 0 Å². The van der Waals surface area contributed by atoms with Crippen molar-refractivity contribution in [3.63, 3.8) is 0 Å². The molecule has 0 atom stereocenters. The van der Waals surface area contributed by atoms with E-state index in [2.05, 4.69) is 130 Å². The van der Waals surface area contributed by atoms with Crippen LogP contribution in [0.2, 0.25) is 0 Å². The summed E-state index contributed by atoms with van der Waals surface area (Å²) in [5.74, 6) is 0. The van der Waals surface area contributed by atoms with Crippen LogP contribution in [0.1, 0.15) is 69.2 Å². The molecule has 7 rings (SSSR count). The fourth-order valence-corrected chi connectivity index (χ4v) is 5.17. The summed E-state index contributed by atoms with van der Waals surface area (Å²) in [5.41, 5.74) is 7.26. The average molecular weight is 559 g/mol. The average Bonchev–Trinajstić information content (AvgIpc) is 3.63. The Morgan fingerprint density at radius 2 is 0.524 bits per heavy atom. The zero-order valence-electron chi connectivity index (χ0n) is 27.4. The molecular weight excluding hydrogens is 508 g/mol. The van der Waals surface area contributed by atoms with Crippen LogP contribution in [0.15, 0.2) is 121 Å². The third-order valence-corrected chi connectivity index (χ3v) is 6.51. The Morgan fingerprint density at radius 3 is 0.786 bits per heavy atom. The molecule has 5 aromatic carbocycles. The van der Waals surface area contributed by atoms with Gasteiger partial charge in [0.25, 0.3) is 0 Å². The van der Waals surface area contributed by atoms with E-state index in [4.69, 9.17) is 0 Å². The van der Waals surface area contributed by atoms with Gasteiger partial charge in [0.1, 0.15) is 0 Å². The van der Waals surface area contributed by atoms with Crippen molar-refractivity contribution in [2.45, 2.75) is 69.2 Å². The summed E-state index contributed by atoms with van der Waals surface area (Å²) in [6, 6.07) is 43.5. The Morgan fingerprint density at radius 1 is 0.286 bits per heavy atom. The lowest BCUT2D eigenvalue weighted by atomic mass is 10.2. The van der Waals surface area contributed by atoms with E-state index in [1.807, 2.05) is 69.2 Å². The number of para-hydroxylation sites is 4. The van der Waals surface area contributed by atoms with E-state index in [1.54, 1.807) is 0 Å². The number of fused-ring (bicyclic) bond motifs is 6. The summed E-state index contributed by atoms with van der Waals surface area (Å²) in [4.78, 5) is 0. The Bertz CT molecular complexity index is 1550. The predicted octanol–water partition coefficient (Wildman–Crippen LogP) is 13.0. The van der Waals surface area contributed by atoms with Crippen molar-refractivity contribution in [1.82, 2.24) is 9.13 Å². The molecule has 0 N–H and O–H groups in total. The second kappa shape index (κ2) is 17.5. The molecule has 0 amide bonds. The summed E-state index contributed by atoms with van der Waals surface area (Å²) in [5, 5.41) is 5.13. The van der Waals surface area contributed by atoms with Crippen molar-refractivity contribution in [2.75, 3.05) is 0 Å². The van der Waals surface area contributed by atoms with Crippen molar-refractivity contribution in [1.29, 1.82) is 0 Å². The Balaban J connectivity index is 0.000000563. The highest BCUT2D eigenvalue weighted by Crippen LogP contribution is 2.35. The Kier molecular flexibility index (Phi) is 14.1. The van der Waals surface area contributed by atoms with Crippen LogP contribution in [-0.4, -0.2) is 9.13 Å². The van der Waals surface area contributed by atoms with Gasteiger partial charge in [-0.25, -0.2) is 0 Å². The summed E-state index contributed by atoms with van der Waals surface area (Å²) in [7, 11) is 0. The number of hydrogen-bond acceptors (Lipinski definition) is 0. The van der Waals surface area contributed by atoms with Gasteiger partial charge in [0.2, 0.25) is 0 Å².